The van der Waals surface area contributed by atoms with E-state index in [0.717, 1.165) is 46.5 Å². The molecule has 1 heterocycles. The Kier molecular flexibility index (Phi) is 9.74. The summed E-state index contributed by atoms with van der Waals surface area (Å²) in [6.07, 6.45) is -2.56. The van der Waals surface area contributed by atoms with Crippen LogP contribution >= 0.6 is 0 Å². The zero-order valence-corrected chi connectivity index (χ0v) is 21.4. The molecule has 0 bridgehead atoms. The Balaban J connectivity index is 1.75. The number of hydrogen-bond acceptors (Lipinski definition) is 11. The van der Waals surface area contributed by atoms with Gasteiger partial charge in [-0.2, -0.15) is 0 Å². The van der Waals surface area contributed by atoms with Crippen molar-refractivity contribution in [3.8, 4) is 11.8 Å². The van der Waals surface area contributed by atoms with Gasteiger partial charge in [0, 0.05) is 40.5 Å². The minimum Gasteiger partial charge on any atom is -0.463 e. The van der Waals surface area contributed by atoms with Crippen LogP contribution in [0.5, 0.6) is 0 Å². The van der Waals surface area contributed by atoms with Gasteiger partial charge in [-0.15, -0.1) is 11.8 Å². The molecule has 0 spiro atoms. The molecule has 3 rings (SSSR count). The summed E-state index contributed by atoms with van der Waals surface area (Å²) in [5.41, 5.74) is 0. The van der Waals surface area contributed by atoms with Gasteiger partial charge in [-0.1, -0.05) is 0 Å². The summed E-state index contributed by atoms with van der Waals surface area (Å²) >= 11 is 0. The molecular weight excluding hydrogens is 490 g/mol. The first-order valence-corrected chi connectivity index (χ1v) is 12.3. The molecule has 1 unspecified atom stereocenters. The second-order valence-corrected chi connectivity index (χ2v) is 9.29. The Morgan fingerprint density at radius 3 is 1.86 bits per heavy atom. The van der Waals surface area contributed by atoms with E-state index in [1.165, 1.54) is 6.92 Å². The molecule has 12 heteroatoms. The summed E-state index contributed by atoms with van der Waals surface area (Å²) in [5, 5.41) is 2.54. The number of fused-ring (bicyclic) bond motifs is 1. The minimum absolute atomic E-state index is 0.188. The van der Waals surface area contributed by atoms with E-state index in [-0.39, 0.29) is 12.5 Å². The van der Waals surface area contributed by atoms with Gasteiger partial charge in [-0.05, 0) is 30.6 Å². The third-order valence-corrected chi connectivity index (χ3v) is 6.51. The first-order valence-electron chi connectivity index (χ1n) is 12.3. The second-order valence-electron chi connectivity index (χ2n) is 9.29. The average molecular weight is 524 g/mol. The maximum Gasteiger partial charge on any atom is 0.407 e. The van der Waals surface area contributed by atoms with Crippen molar-refractivity contribution in [2.45, 2.75) is 84.0 Å². The second kappa shape index (κ2) is 12.8. The summed E-state index contributed by atoms with van der Waals surface area (Å²) < 4.78 is 32.2. The van der Waals surface area contributed by atoms with Crippen LogP contribution in [0.25, 0.3) is 0 Å². The number of ether oxygens (including phenoxy) is 6. The lowest BCUT2D eigenvalue weighted by Gasteiger charge is -2.44. The highest BCUT2D eigenvalue weighted by atomic mass is 16.7. The van der Waals surface area contributed by atoms with Crippen molar-refractivity contribution in [3.63, 3.8) is 0 Å². The van der Waals surface area contributed by atoms with E-state index in [0.29, 0.717) is 11.8 Å². The fraction of sp³-hybridized carbons (Fsp3) is 0.720. The van der Waals surface area contributed by atoms with E-state index in [1.807, 2.05) is 0 Å². The van der Waals surface area contributed by atoms with Crippen molar-refractivity contribution >= 4 is 30.0 Å². The zero-order valence-electron chi connectivity index (χ0n) is 21.4. The third kappa shape index (κ3) is 8.08. The van der Waals surface area contributed by atoms with Crippen LogP contribution in [-0.2, 0) is 47.6 Å². The molecule has 12 nitrogen and oxygen atoms in total. The molecule has 3 aliphatic rings. The van der Waals surface area contributed by atoms with Crippen LogP contribution in [-0.4, -0.2) is 73.8 Å². The van der Waals surface area contributed by atoms with Gasteiger partial charge in [-0.25, -0.2) is 4.79 Å². The van der Waals surface area contributed by atoms with Gasteiger partial charge in [0.25, 0.3) is 0 Å². The van der Waals surface area contributed by atoms with E-state index in [2.05, 4.69) is 17.2 Å². The molecule has 0 aromatic carbocycles. The summed E-state index contributed by atoms with van der Waals surface area (Å²) in [6, 6.07) is -1.29. The fourth-order valence-corrected chi connectivity index (χ4v) is 4.95. The lowest BCUT2D eigenvalue weighted by molar-refractivity contribution is -0.270. The highest BCUT2D eigenvalue weighted by Crippen LogP contribution is 2.52. The van der Waals surface area contributed by atoms with Crippen molar-refractivity contribution in [1.29, 1.82) is 0 Å². The van der Waals surface area contributed by atoms with Crippen LogP contribution in [0.4, 0.5) is 4.79 Å². The van der Waals surface area contributed by atoms with Crippen LogP contribution < -0.4 is 5.32 Å². The molecule has 1 amide bonds. The minimum atomic E-state index is -1.46. The first kappa shape index (κ1) is 28.2. The summed E-state index contributed by atoms with van der Waals surface area (Å²) in [5.74, 6) is 4.52. The van der Waals surface area contributed by atoms with E-state index >= 15 is 0 Å². The Morgan fingerprint density at radius 1 is 0.757 bits per heavy atom. The number of alkyl carbamates (subject to hydrolysis) is 1. The number of carbonyl (C=O) groups is 5. The smallest absolute Gasteiger partial charge is 0.407 e. The summed E-state index contributed by atoms with van der Waals surface area (Å²) in [4.78, 5) is 59.8. The monoisotopic (exact) mass is 523 g/mol. The maximum absolute atomic E-state index is 12.8. The van der Waals surface area contributed by atoms with Crippen LogP contribution in [0.1, 0.15) is 53.4 Å². The molecule has 2 aliphatic carbocycles. The molecule has 2 fully saturated rings. The fourth-order valence-electron chi connectivity index (χ4n) is 4.95. The molecule has 1 saturated carbocycles. The van der Waals surface area contributed by atoms with Crippen molar-refractivity contribution in [3.05, 3.63) is 0 Å². The summed E-state index contributed by atoms with van der Waals surface area (Å²) in [6.45, 7) is 4.35. The first-order chi connectivity index (χ1) is 17.6. The molecule has 204 valence electrons. The largest absolute Gasteiger partial charge is 0.463 e. The normalized spacial score (nSPS) is 32.0. The molecule has 0 radical (unpaired) electrons. The van der Waals surface area contributed by atoms with Crippen LogP contribution in [0, 0.1) is 29.6 Å². The van der Waals surface area contributed by atoms with Crippen molar-refractivity contribution in [1.82, 2.24) is 5.32 Å². The zero-order chi connectivity index (χ0) is 27.1. The van der Waals surface area contributed by atoms with Gasteiger partial charge in [0.05, 0.1) is 6.61 Å². The lowest BCUT2D eigenvalue weighted by atomic mass is 9.96. The number of hydrogen-bond donors (Lipinski definition) is 1. The van der Waals surface area contributed by atoms with E-state index in [9.17, 15) is 24.0 Å². The number of amides is 1. The van der Waals surface area contributed by atoms with Crippen LogP contribution in [0.2, 0.25) is 0 Å². The predicted octanol–water partition coefficient (Wildman–Crippen LogP) is 1.24. The topological polar surface area (TPSA) is 153 Å². The molecular formula is C25H33NO11. The number of esters is 4. The Hall–Kier alpha value is -3.33. The highest BCUT2D eigenvalue weighted by molar-refractivity contribution is 5.70. The lowest BCUT2D eigenvalue weighted by Crippen LogP contribution is -2.67. The number of nitrogens with one attached hydrogen (secondary N) is 1. The Labute approximate surface area is 215 Å². The Morgan fingerprint density at radius 2 is 1.32 bits per heavy atom. The van der Waals surface area contributed by atoms with Gasteiger partial charge in [0.2, 0.25) is 6.29 Å². The van der Waals surface area contributed by atoms with Crippen molar-refractivity contribution in [2.24, 2.45) is 17.8 Å². The molecule has 37 heavy (non-hydrogen) atoms. The van der Waals surface area contributed by atoms with Gasteiger partial charge in [0.1, 0.15) is 18.8 Å². The maximum atomic E-state index is 12.8. The van der Waals surface area contributed by atoms with Gasteiger partial charge in [-0.3, -0.25) is 19.2 Å². The molecule has 1 aliphatic heterocycles. The molecule has 0 aromatic rings. The van der Waals surface area contributed by atoms with Crippen molar-refractivity contribution < 1.29 is 52.4 Å². The van der Waals surface area contributed by atoms with E-state index < -0.39 is 67.2 Å². The van der Waals surface area contributed by atoms with E-state index in [1.54, 1.807) is 0 Å². The average Bonchev–Trinajstić information content (AvgIpc) is 3.42. The van der Waals surface area contributed by atoms with Crippen LogP contribution in [0.3, 0.4) is 0 Å². The van der Waals surface area contributed by atoms with Crippen molar-refractivity contribution in [2.75, 3.05) is 13.2 Å². The van der Waals surface area contributed by atoms with Gasteiger partial charge < -0.3 is 33.7 Å². The molecule has 1 saturated heterocycles. The van der Waals surface area contributed by atoms with Crippen LogP contribution in [0.15, 0.2) is 0 Å². The number of rotatable bonds is 8. The Bertz CT molecular complexity index is 936. The number of carbonyl (C=O) groups excluding carboxylic acids is 5. The third-order valence-electron chi connectivity index (χ3n) is 6.51. The highest BCUT2D eigenvalue weighted by Gasteiger charge is 2.53. The summed E-state index contributed by atoms with van der Waals surface area (Å²) in [7, 11) is 0. The molecule has 8 atom stereocenters. The SMILES string of the molecule is CC(=O)OC[C@H]1O[C@@H](OC(C)=O)[C@H](NC(=O)OCC2[C@H]3CCC#CCC[C@@H]23)[C@H](OC(C)=O)[C@@H]1OC(C)=O. The van der Waals surface area contributed by atoms with Gasteiger partial charge >= 0.3 is 30.0 Å². The molecule has 0 aromatic heterocycles. The quantitative estimate of drug-likeness (QED) is 0.278. The van der Waals surface area contributed by atoms with E-state index in [4.69, 9.17) is 28.4 Å². The standard InChI is InChI=1S/C25H33NO11/c1-13(27)32-12-20-22(34-14(2)28)23(35-15(3)29)21(24(37-20)36-16(4)30)26-25(31)33-11-19-17-9-7-5-6-8-10-18(17)19/h17-24H,7-12H2,1-4H3,(H,26,31)/t17-,18+,19?,20-,21-,22-,23+,24-/m1/s1. The molecule has 1 N–H and O–H groups in total. The predicted molar refractivity (Wildman–Crippen MR) is 123 cm³/mol. The van der Waals surface area contributed by atoms with Gasteiger partial charge in [0.15, 0.2) is 12.2 Å².